The van der Waals surface area contributed by atoms with E-state index in [-0.39, 0.29) is 24.8 Å². The number of rotatable bonds is 0. The first-order chi connectivity index (χ1) is 19.5. The average molecular weight is 689 g/mol. The summed E-state index contributed by atoms with van der Waals surface area (Å²) in [6.07, 6.45) is 8.70. The summed E-state index contributed by atoms with van der Waals surface area (Å²) in [6.45, 7) is 17.2. The number of hydrogen-bond acceptors (Lipinski definition) is 0. The van der Waals surface area contributed by atoms with Gasteiger partial charge in [-0.05, 0) is 18.9 Å². The summed E-state index contributed by atoms with van der Waals surface area (Å²) in [7, 11) is 0. The molecule has 0 fully saturated rings. The van der Waals surface area contributed by atoms with Crippen LogP contribution in [0, 0.1) is 63.3 Å². The van der Waals surface area contributed by atoms with Crippen LogP contribution >= 0.6 is 24.8 Å². The van der Waals surface area contributed by atoms with Crippen molar-refractivity contribution in [2.45, 2.75) is 61.8 Å². The third-order valence-corrected chi connectivity index (χ3v) is 6.66. The second-order valence-electron chi connectivity index (χ2n) is 11.5. The molecule has 43 heavy (non-hydrogen) atoms. The van der Waals surface area contributed by atoms with Gasteiger partial charge in [0.25, 0.3) is 0 Å². The molecule has 0 saturated heterocycles. The molecule has 0 aromatic heterocycles. The zero-order valence-corrected chi connectivity index (χ0v) is 31.1. The molecular formula is C40H46Cl2Zr-4. The number of allylic oxidation sites excluding steroid dienone is 4. The maximum atomic E-state index is 3.45. The molecule has 4 aromatic carbocycles. The first-order valence-electron chi connectivity index (χ1n) is 14.2. The summed E-state index contributed by atoms with van der Waals surface area (Å²) in [5, 5.41) is 0. The van der Waals surface area contributed by atoms with Crippen LogP contribution < -0.4 is 0 Å². The van der Waals surface area contributed by atoms with Gasteiger partial charge in [-0.15, -0.1) is 35.9 Å². The molecule has 0 nitrogen and oxygen atoms in total. The molecule has 2 aliphatic carbocycles. The van der Waals surface area contributed by atoms with E-state index >= 15 is 0 Å². The van der Waals surface area contributed by atoms with Crippen LogP contribution in [0.25, 0.3) is 11.1 Å². The Morgan fingerprint density at radius 2 is 1.23 bits per heavy atom. The van der Waals surface area contributed by atoms with Crippen molar-refractivity contribution in [3.8, 4) is 11.1 Å². The Labute approximate surface area is 289 Å². The summed E-state index contributed by atoms with van der Waals surface area (Å²) in [6, 6.07) is 36.2. The Kier molecular flexibility index (Phi) is 19.5. The van der Waals surface area contributed by atoms with Gasteiger partial charge in [-0.3, -0.25) is 6.08 Å². The standard InChI is InChI=1S/C15H13.C10H15.2C7H7.CH2.2ClH.Zr/c1-10-3-5-14-12(7-10)9-13-8-11(2)4-6-15(13)14;1-8-5-6-9(7-8)10(2,3)4;2*1-7-5-3-2-4-6-7;;;;/h3-7H,9H2,1-2H3;6-8H,1-4H3;2*3-6H,1H3;1H2;2*1H;/q4*-1;;;;. The molecular weight excluding hydrogens is 643 g/mol. The molecule has 3 heteroatoms. The topological polar surface area (TPSA) is 0 Å². The summed E-state index contributed by atoms with van der Waals surface area (Å²) >= 11 is 1.30. The van der Waals surface area contributed by atoms with Gasteiger partial charge in [0.1, 0.15) is 0 Å². The molecule has 0 N–H and O–H groups in total. The summed E-state index contributed by atoms with van der Waals surface area (Å²) in [5.41, 5.74) is 12.5. The van der Waals surface area contributed by atoms with E-state index in [9.17, 15) is 0 Å². The van der Waals surface area contributed by atoms with E-state index in [1.165, 1.54) is 74.3 Å². The van der Waals surface area contributed by atoms with Gasteiger partial charge in [0, 0.05) is 0 Å². The fraction of sp³-hybridized carbons (Fsp3) is 0.275. The average Bonchev–Trinajstić information content (AvgIpc) is 3.54. The minimum absolute atomic E-state index is 0. The molecule has 1 unspecified atom stereocenters. The van der Waals surface area contributed by atoms with Crippen molar-refractivity contribution in [1.29, 1.82) is 0 Å². The van der Waals surface area contributed by atoms with Gasteiger partial charge in [-0.1, -0.05) is 89.1 Å². The Hall–Kier alpha value is -2.31. The molecule has 0 radical (unpaired) electrons. The molecule has 1 atom stereocenters. The third kappa shape index (κ3) is 14.3. The first kappa shape index (κ1) is 40.7. The Morgan fingerprint density at radius 3 is 1.63 bits per heavy atom. The van der Waals surface area contributed by atoms with Crippen molar-refractivity contribution in [2.75, 3.05) is 0 Å². The molecule has 0 aliphatic heterocycles. The molecule has 0 amide bonds. The van der Waals surface area contributed by atoms with E-state index < -0.39 is 0 Å². The normalized spacial score (nSPS) is 13.1. The van der Waals surface area contributed by atoms with Gasteiger partial charge >= 0.3 is 28.4 Å². The number of aryl methyl sites for hydroxylation is 4. The number of hydrogen-bond donors (Lipinski definition) is 0. The Morgan fingerprint density at radius 1 is 0.721 bits per heavy atom. The van der Waals surface area contributed by atoms with Crippen molar-refractivity contribution in [1.82, 2.24) is 0 Å². The molecule has 4 aromatic rings. The van der Waals surface area contributed by atoms with E-state index in [4.69, 9.17) is 0 Å². The Balaban J connectivity index is 0.000000556. The number of halogens is 2. The van der Waals surface area contributed by atoms with Gasteiger partial charge in [0.15, 0.2) is 0 Å². The third-order valence-electron chi connectivity index (χ3n) is 6.66. The van der Waals surface area contributed by atoms with E-state index in [1.54, 1.807) is 0 Å². The fourth-order valence-electron chi connectivity index (χ4n) is 4.36. The summed E-state index contributed by atoms with van der Waals surface area (Å²) in [4.78, 5) is 0. The van der Waals surface area contributed by atoms with Crippen LogP contribution in [0.4, 0.5) is 0 Å². The Bertz CT molecular complexity index is 1330. The van der Waals surface area contributed by atoms with Crippen molar-refractivity contribution in [3.63, 3.8) is 0 Å². The van der Waals surface area contributed by atoms with Gasteiger partial charge < -0.3 is 0 Å². The van der Waals surface area contributed by atoms with Crippen LogP contribution in [0.1, 0.15) is 61.1 Å². The molecule has 0 saturated carbocycles. The predicted octanol–water partition coefficient (Wildman–Crippen LogP) is 11.0. The van der Waals surface area contributed by atoms with Gasteiger partial charge in [0.05, 0.1) is 0 Å². The molecule has 6 rings (SSSR count). The van der Waals surface area contributed by atoms with Crippen molar-refractivity contribution in [2.24, 2.45) is 11.3 Å². The van der Waals surface area contributed by atoms with Crippen molar-refractivity contribution >= 4 is 29.0 Å². The molecule has 0 heterocycles. The van der Waals surface area contributed by atoms with Crippen molar-refractivity contribution in [3.05, 3.63) is 154 Å². The van der Waals surface area contributed by atoms with Crippen LogP contribution in [0.3, 0.4) is 0 Å². The van der Waals surface area contributed by atoms with Crippen LogP contribution in [0.5, 0.6) is 0 Å². The van der Waals surface area contributed by atoms with Gasteiger partial charge in [-0.25, -0.2) is 6.08 Å². The molecule has 0 spiro atoms. The van der Waals surface area contributed by atoms with Crippen LogP contribution in [-0.2, 0) is 30.7 Å². The van der Waals surface area contributed by atoms with Crippen LogP contribution in [0.15, 0.2) is 96.6 Å². The maximum absolute atomic E-state index is 3.45. The van der Waals surface area contributed by atoms with Gasteiger partial charge in [0.2, 0.25) is 0 Å². The van der Waals surface area contributed by atoms with E-state index in [2.05, 4.69) is 126 Å². The van der Waals surface area contributed by atoms with Crippen LogP contribution in [-0.4, -0.2) is 4.21 Å². The molecule has 2 aliphatic rings. The second-order valence-corrected chi connectivity index (χ2v) is 11.5. The molecule has 0 bridgehead atoms. The summed E-state index contributed by atoms with van der Waals surface area (Å²) < 4.78 is 3.34. The predicted molar refractivity (Wildman–Crippen MR) is 189 cm³/mol. The monoisotopic (exact) mass is 686 g/mol. The second kappa shape index (κ2) is 20.6. The number of benzene rings is 4. The van der Waals surface area contributed by atoms with E-state index in [0.717, 1.165) is 6.42 Å². The minimum atomic E-state index is 0. The molecule has 228 valence electrons. The quantitative estimate of drug-likeness (QED) is 0.142. The summed E-state index contributed by atoms with van der Waals surface area (Å²) in [5.74, 6) is 0.522. The fourth-order valence-corrected chi connectivity index (χ4v) is 4.36. The number of fused-ring (bicyclic) bond motifs is 3. The first-order valence-corrected chi connectivity index (χ1v) is 15.9. The SMILES string of the molecule is CC1[C-]=CC(C(C)(C)C)=C1.Cc1[c-]c2c(cc1)-c1ccc(C)cc1C2.Cc1cc[c-]cc1.Cc1cc[c-]cc1.Cl.Cl.[CH2]=[Zr]. The van der Waals surface area contributed by atoms with Crippen LogP contribution in [0.2, 0.25) is 0 Å². The van der Waals surface area contributed by atoms with Gasteiger partial charge in [-0.2, -0.15) is 107 Å². The zero-order valence-electron chi connectivity index (χ0n) is 27.0. The van der Waals surface area contributed by atoms with Crippen molar-refractivity contribution < 1.29 is 24.2 Å². The zero-order chi connectivity index (χ0) is 30.4. The van der Waals surface area contributed by atoms with E-state index in [0.29, 0.717) is 11.3 Å². The van der Waals surface area contributed by atoms with E-state index in [1.807, 2.05) is 48.5 Å².